The minimum atomic E-state index is -0.737. The molecule has 0 unspecified atom stereocenters. The molecule has 1 atom stereocenters. The molecule has 2 nitrogen and oxygen atoms in total. The average molecular weight is 361 g/mol. The number of nitrogens with zero attached hydrogens (tertiary/aromatic N) is 1. The molecule has 6 heteroatoms. The molecule has 24 heavy (non-hydrogen) atoms. The molecule has 122 valence electrons. The normalized spacial score (nSPS) is 16.9. The van der Waals surface area contributed by atoms with Crippen LogP contribution in [0.3, 0.4) is 0 Å². The van der Waals surface area contributed by atoms with Gasteiger partial charge >= 0.3 is 0 Å². The Morgan fingerprint density at radius 2 is 1.88 bits per heavy atom. The predicted molar refractivity (Wildman–Crippen MR) is 91.6 cm³/mol. The quantitative estimate of drug-likeness (QED) is 0.637. The molecule has 4 rings (SSSR count). The zero-order valence-electron chi connectivity index (χ0n) is 12.5. The van der Waals surface area contributed by atoms with Gasteiger partial charge in [-0.05, 0) is 47.0 Å². The first-order valence-corrected chi connectivity index (χ1v) is 9.26. The van der Waals surface area contributed by atoms with Gasteiger partial charge in [0.05, 0.1) is 6.04 Å². The molecule has 2 aromatic heterocycles. The van der Waals surface area contributed by atoms with Crippen LogP contribution < -0.4 is 0 Å². The number of carbonyl (C=O) groups is 1. The molecule has 0 bridgehead atoms. The summed E-state index contributed by atoms with van der Waals surface area (Å²) in [5, 5.41) is 4.00. The SMILES string of the molecule is O=C(c1cc(F)cc(F)c1)N1CCc2sccc2[C@@H]1c1cccs1. The summed E-state index contributed by atoms with van der Waals surface area (Å²) in [6.07, 6.45) is 0.762. The van der Waals surface area contributed by atoms with E-state index < -0.39 is 11.6 Å². The van der Waals surface area contributed by atoms with Crippen LogP contribution in [-0.2, 0) is 6.42 Å². The maximum absolute atomic E-state index is 13.5. The summed E-state index contributed by atoms with van der Waals surface area (Å²) in [5.41, 5.74) is 1.16. The van der Waals surface area contributed by atoms with E-state index in [4.69, 9.17) is 0 Å². The average Bonchev–Trinajstić information content (AvgIpc) is 3.23. The van der Waals surface area contributed by atoms with Crippen molar-refractivity contribution in [1.82, 2.24) is 4.90 Å². The molecule has 3 heterocycles. The molecule has 1 aliphatic rings. The van der Waals surface area contributed by atoms with Crippen LogP contribution in [0.4, 0.5) is 8.78 Å². The van der Waals surface area contributed by atoms with E-state index in [2.05, 4.69) is 0 Å². The van der Waals surface area contributed by atoms with E-state index in [0.29, 0.717) is 6.54 Å². The summed E-state index contributed by atoms with van der Waals surface area (Å²) in [6, 6.07) is 8.76. The highest BCUT2D eigenvalue weighted by molar-refractivity contribution is 7.10. The van der Waals surface area contributed by atoms with Crippen LogP contribution in [0, 0.1) is 11.6 Å². The maximum Gasteiger partial charge on any atom is 0.254 e. The lowest BCUT2D eigenvalue weighted by molar-refractivity contribution is 0.0697. The number of fused-ring (bicyclic) bond motifs is 1. The van der Waals surface area contributed by atoms with Gasteiger partial charge in [0, 0.05) is 27.9 Å². The van der Waals surface area contributed by atoms with Crippen LogP contribution in [-0.4, -0.2) is 17.4 Å². The summed E-state index contributed by atoms with van der Waals surface area (Å²) in [4.78, 5) is 17.0. The van der Waals surface area contributed by atoms with Gasteiger partial charge in [0.2, 0.25) is 0 Å². The molecule has 0 saturated heterocycles. The van der Waals surface area contributed by atoms with Gasteiger partial charge in [-0.2, -0.15) is 0 Å². The van der Waals surface area contributed by atoms with Crippen LogP contribution in [0.25, 0.3) is 0 Å². The van der Waals surface area contributed by atoms with Crippen molar-refractivity contribution in [2.45, 2.75) is 12.5 Å². The molecule has 0 saturated carbocycles. The lowest BCUT2D eigenvalue weighted by Crippen LogP contribution is -2.39. The molecule has 1 amide bonds. The van der Waals surface area contributed by atoms with Crippen molar-refractivity contribution in [1.29, 1.82) is 0 Å². The van der Waals surface area contributed by atoms with Gasteiger partial charge in [-0.25, -0.2) is 8.78 Å². The van der Waals surface area contributed by atoms with E-state index in [1.807, 2.05) is 29.0 Å². The highest BCUT2D eigenvalue weighted by Crippen LogP contribution is 2.40. The fourth-order valence-corrected chi connectivity index (χ4v) is 4.89. The molecule has 0 aliphatic carbocycles. The highest BCUT2D eigenvalue weighted by atomic mass is 32.1. The van der Waals surface area contributed by atoms with Gasteiger partial charge in [0.25, 0.3) is 5.91 Å². The van der Waals surface area contributed by atoms with Crippen molar-refractivity contribution in [3.8, 4) is 0 Å². The second-order valence-electron chi connectivity index (χ2n) is 5.62. The Kier molecular flexibility index (Phi) is 3.94. The molecular formula is C18H13F2NOS2. The third kappa shape index (κ3) is 2.65. The zero-order chi connectivity index (χ0) is 16.7. The lowest BCUT2D eigenvalue weighted by Gasteiger charge is -2.35. The monoisotopic (exact) mass is 361 g/mol. The minimum Gasteiger partial charge on any atom is -0.326 e. The Balaban J connectivity index is 1.77. The zero-order valence-corrected chi connectivity index (χ0v) is 14.2. The third-order valence-electron chi connectivity index (χ3n) is 4.15. The van der Waals surface area contributed by atoms with Gasteiger partial charge in [0.1, 0.15) is 11.6 Å². The van der Waals surface area contributed by atoms with E-state index in [-0.39, 0.29) is 17.5 Å². The lowest BCUT2D eigenvalue weighted by atomic mass is 9.97. The van der Waals surface area contributed by atoms with Crippen molar-refractivity contribution in [2.75, 3.05) is 6.54 Å². The van der Waals surface area contributed by atoms with Crippen molar-refractivity contribution in [2.24, 2.45) is 0 Å². The summed E-state index contributed by atoms with van der Waals surface area (Å²) in [7, 11) is 0. The predicted octanol–water partition coefficient (Wildman–Crippen LogP) is 4.88. The largest absolute Gasteiger partial charge is 0.326 e. The van der Waals surface area contributed by atoms with Crippen LogP contribution >= 0.6 is 22.7 Å². The highest BCUT2D eigenvalue weighted by Gasteiger charge is 2.34. The Bertz CT molecular complexity index is 868. The minimum absolute atomic E-state index is 0.0488. The van der Waals surface area contributed by atoms with Crippen molar-refractivity contribution in [3.63, 3.8) is 0 Å². The van der Waals surface area contributed by atoms with Crippen molar-refractivity contribution < 1.29 is 13.6 Å². The Morgan fingerprint density at radius 1 is 1.08 bits per heavy atom. The Hall–Kier alpha value is -2.05. The van der Waals surface area contributed by atoms with E-state index in [1.54, 1.807) is 27.6 Å². The summed E-state index contributed by atoms with van der Waals surface area (Å²) in [5.74, 6) is -1.82. The molecule has 0 fully saturated rings. The van der Waals surface area contributed by atoms with E-state index in [0.717, 1.165) is 35.1 Å². The topological polar surface area (TPSA) is 20.3 Å². The van der Waals surface area contributed by atoms with Gasteiger partial charge in [0.15, 0.2) is 0 Å². The first-order valence-electron chi connectivity index (χ1n) is 7.50. The van der Waals surface area contributed by atoms with Crippen molar-refractivity contribution in [3.05, 3.63) is 79.7 Å². The van der Waals surface area contributed by atoms with Gasteiger partial charge in [-0.3, -0.25) is 4.79 Å². The Labute approximate surface area is 146 Å². The van der Waals surface area contributed by atoms with Crippen LogP contribution in [0.2, 0.25) is 0 Å². The molecule has 3 aromatic rings. The number of hydrogen-bond acceptors (Lipinski definition) is 3. The van der Waals surface area contributed by atoms with Crippen molar-refractivity contribution >= 4 is 28.6 Å². The number of benzene rings is 1. The first kappa shape index (κ1) is 15.5. The molecule has 0 spiro atoms. The number of hydrogen-bond donors (Lipinski definition) is 0. The van der Waals surface area contributed by atoms with E-state index >= 15 is 0 Å². The van der Waals surface area contributed by atoms with Crippen LogP contribution in [0.1, 0.15) is 31.7 Å². The maximum atomic E-state index is 13.5. The number of amides is 1. The molecule has 1 aromatic carbocycles. The van der Waals surface area contributed by atoms with Gasteiger partial charge in [-0.15, -0.1) is 22.7 Å². The number of rotatable bonds is 2. The second kappa shape index (κ2) is 6.11. The molecular weight excluding hydrogens is 348 g/mol. The third-order valence-corrected chi connectivity index (χ3v) is 6.07. The number of thiophene rings is 2. The smallest absolute Gasteiger partial charge is 0.254 e. The van der Waals surface area contributed by atoms with Crippen LogP contribution in [0.5, 0.6) is 0 Å². The van der Waals surface area contributed by atoms with Gasteiger partial charge < -0.3 is 4.90 Å². The van der Waals surface area contributed by atoms with E-state index in [9.17, 15) is 13.6 Å². The number of halogens is 2. The second-order valence-corrected chi connectivity index (χ2v) is 7.60. The summed E-state index contributed by atoms with van der Waals surface area (Å²) < 4.78 is 27.0. The summed E-state index contributed by atoms with van der Waals surface area (Å²) in [6.45, 7) is 0.535. The molecule has 0 radical (unpaired) electrons. The van der Waals surface area contributed by atoms with Gasteiger partial charge in [-0.1, -0.05) is 6.07 Å². The standard InChI is InChI=1S/C18H13F2NOS2/c19-12-8-11(9-13(20)10-12)18(22)21-5-3-15-14(4-7-24-15)17(21)16-2-1-6-23-16/h1-2,4,6-10,17H,3,5H2/t17-/m1/s1. The number of carbonyl (C=O) groups excluding carboxylic acids is 1. The van der Waals surface area contributed by atoms with Crippen LogP contribution in [0.15, 0.2) is 47.2 Å². The molecule has 0 N–H and O–H groups in total. The molecule has 1 aliphatic heterocycles. The Morgan fingerprint density at radius 3 is 2.58 bits per heavy atom. The van der Waals surface area contributed by atoms with E-state index in [1.165, 1.54) is 4.88 Å². The fourth-order valence-electron chi connectivity index (χ4n) is 3.13. The first-order chi connectivity index (χ1) is 11.6. The fraction of sp³-hybridized carbons (Fsp3) is 0.167. The summed E-state index contributed by atoms with van der Waals surface area (Å²) >= 11 is 3.27.